The zero-order chi connectivity index (χ0) is 33.8. The van der Waals surface area contributed by atoms with Crippen molar-refractivity contribution in [2.24, 2.45) is 0 Å². The molecule has 0 aliphatic heterocycles. The van der Waals surface area contributed by atoms with Gasteiger partial charge in [-0.05, 0) is 26.2 Å². The normalized spacial score (nSPS) is 11.0. The van der Waals surface area contributed by atoms with E-state index in [0.717, 1.165) is 32.1 Å². The molecule has 3 amide bonds. The predicted octanol–water partition coefficient (Wildman–Crippen LogP) is 4.53. The van der Waals surface area contributed by atoms with E-state index in [1.54, 1.807) is 0 Å². The smallest absolute Gasteiger partial charge is 0.303 e. The van der Waals surface area contributed by atoms with Crippen LogP contribution in [0.5, 0.6) is 0 Å². The third kappa shape index (κ3) is 36.2. The van der Waals surface area contributed by atoms with Crippen molar-refractivity contribution >= 4 is 23.7 Å². The molecule has 0 saturated carbocycles. The Bertz CT molecular complexity index is 741. The van der Waals surface area contributed by atoms with Crippen LogP contribution < -0.4 is 16.0 Å². The van der Waals surface area contributed by atoms with Gasteiger partial charge in [0.25, 0.3) is 0 Å². The largest absolute Gasteiger partial charge is 0.481 e. The molecule has 0 aromatic heterocycles. The maximum absolute atomic E-state index is 12.0. The molecule has 0 aliphatic carbocycles. The molecule has 270 valence electrons. The molecule has 46 heavy (non-hydrogen) atoms. The number of amides is 3. The first-order valence-electron chi connectivity index (χ1n) is 17.8. The first-order valence-corrected chi connectivity index (χ1v) is 17.8. The molecule has 0 unspecified atom stereocenters. The van der Waals surface area contributed by atoms with Gasteiger partial charge in [0.05, 0.1) is 39.6 Å². The van der Waals surface area contributed by atoms with Crippen LogP contribution in [0.4, 0.5) is 0 Å². The molecule has 12 nitrogen and oxygen atoms in total. The Morgan fingerprint density at radius 1 is 0.435 bits per heavy atom. The number of rotatable bonds is 36. The summed E-state index contributed by atoms with van der Waals surface area (Å²) in [6, 6.07) is 0. The van der Waals surface area contributed by atoms with Gasteiger partial charge in [0.1, 0.15) is 6.61 Å². The molecule has 12 heteroatoms. The van der Waals surface area contributed by atoms with E-state index in [1.165, 1.54) is 57.8 Å². The monoisotopic (exact) mass is 659 g/mol. The summed E-state index contributed by atoms with van der Waals surface area (Å²) >= 11 is 0. The fourth-order valence-corrected chi connectivity index (χ4v) is 4.66. The molecule has 0 spiro atoms. The summed E-state index contributed by atoms with van der Waals surface area (Å²) in [4.78, 5) is 46.1. The fourth-order valence-electron chi connectivity index (χ4n) is 4.66. The Morgan fingerprint density at radius 3 is 1.33 bits per heavy atom. The lowest BCUT2D eigenvalue weighted by atomic mass is 10.0. The zero-order valence-electron chi connectivity index (χ0n) is 28.7. The molecule has 0 aromatic carbocycles. The van der Waals surface area contributed by atoms with E-state index in [0.29, 0.717) is 85.0 Å². The quantitative estimate of drug-likeness (QED) is 0.0709. The highest BCUT2D eigenvalue weighted by Gasteiger charge is 2.05. The van der Waals surface area contributed by atoms with Crippen molar-refractivity contribution in [2.75, 3.05) is 72.5 Å². The van der Waals surface area contributed by atoms with Gasteiger partial charge >= 0.3 is 5.97 Å². The Morgan fingerprint density at radius 2 is 0.826 bits per heavy atom. The van der Waals surface area contributed by atoms with Crippen molar-refractivity contribution in [2.45, 2.75) is 122 Å². The highest BCUT2D eigenvalue weighted by atomic mass is 16.5. The highest BCUT2D eigenvalue weighted by Crippen LogP contribution is 2.13. The van der Waals surface area contributed by atoms with Gasteiger partial charge in [-0.25, -0.2) is 0 Å². The highest BCUT2D eigenvalue weighted by molar-refractivity contribution is 5.77. The standard InChI is InChI=1S/C34H65N3O9/c1-2-43-26-27-44-25-23-37-33(40)30-46-29-28-45-24-22-36-32(39)19-17-21-35-31(38)18-15-13-11-9-7-5-3-4-6-8-10-12-14-16-20-34(41)42/h2-30H2,1H3,(H,35,38)(H,36,39)(H,37,40)(H,41,42). The lowest BCUT2D eigenvalue weighted by Gasteiger charge is -2.09. The fraction of sp³-hybridized carbons (Fsp3) is 0.882. The molecule has 0 rings (SSSR count). The topological polar surface area (TPSA) is 162 Å². The van der Waals surface area contributed by atoms with Gasteiger partial charge in [-0.1, -0.05) is 77.0 Å². The lowest BCUT2D eigenvalue weighted by molar-refractivity contribution is -0.137. The molecule has 0 radical (unpaired) electrons. The second kappa shape index (κ2) is 35.6. The van der Waals surface area contributed by atoms with Gasteiger partial charge in [0, 0.05) is 45.5 Å². The molecule has 0 bridgehead atoms. The summed E-state index contributed by atoms with van der Waals surface area (Å²) in [5, 5.41) is 17.0. The first kappa shape index (κ1) is 43.7. The van der Waals surface area contributed by atoms with Crippen LogP contribution in [0.25, 0.3) is 0 Å². The maximum Gasteiger partial charge on any atom is 0.303 e. The first-order chi connectivity index (χ1) is 22.5. The molecular weight excluding hydrogens is 594 g/mol. The molecule has 0 atom stereocenters. The summed E-state index contributed by atoms with van der Waals surface area (Å²) in [6.45, 7) is 6.30. The predicted molar refractivity (Wildman–Crippen MR) is 179 cm³/mol. The summed E-state index contributed by atoms with van der Waals surface area (Å²) in [7, 11) is 0. The summed E-state index contributed by atoms with van der Waals surface area (Å²) < 4.78 is 21.1. The minimum absolute atomic E-state index is 0.0421. The van der Waals surface area contributed by atoms with Crippen LogP contribution in [-0.4, -0.2) is 101 Å². The third-order valence-electron chi connectivity index (χ3n) is 7.27. The molecule has 0 saturated heterocycles. The van der Waals surface area contributed by atoms with Crippen molar-refractivity contribution in [3.05, 3.63) is 0 Å². The van der Waals surface area contributed by atoms with Crippen molar-refractivity contribution < 1.29 is 43.2 Å². The lowest BCUT2D eigenvalue weighted by Crippen LogP contribution is -2.31. The van der Waals surface area contributed by atoms with Crippen molar-refractivity contribution in [1.29, 1.82) is 0 Å². The number of unbranched alkanes of at least 4 members (excludes halogenated alkanes) is 13. The van der Waals surface area contributed by atoms with E-state index >= 15 is 0 Å². The number of carbonyl (C=O) groups is 4. The van der Waals surface area contributed by atoms with E-state index in [4.69, 9.17) is 24.1 Å². The van der Waals surface area contributed by atoms with Crippen LogP contribution in [-0.2, 0) is 38.1 Å². The molecule has 0 aliphatic rings. The van der Waals surface area contributed by atoms with Gasteiger partial charge in [-0.15, -0.1) is 0 Å². The van der Waals surface area contributed by atoms with E-state index < -0.39 is 5.97 Å². The van der Waals surface area contributed by atoms with Crippen LogP contribution in [0, 0.1) is 0 Å². The number of aliphatic carboxylic acids is 1. The maximum atomic E-state index is 12.0. The second-order valence-electron chi connectivity index (χ2n) is 11.5. The van der Waals surface area contributed by atoms with Gasteiger partial charge in [-0.2, -0.15) is 0 Å². The summed E-state index contributed by atoms with van der Waals surface area (Å²) in [5.41, 5.74) is 0. The number of nitrogens with one attached hydrogen (secondary N) is 3. The average molecular weight is 660 g/mol. The number of ether oxygens (including phenoxy) is 4. The molecule has 0 heterocycles. The van der Waals surface area contributed by atoms with Gasteiger partial charge in [0.2, 0.25) is 17.7 Å². The number of carboxylic acids is 1. The van der Waals surface area contributed by atoms with Crippen molar-refractivity contribution in [1.82, 2.24) is 16.0 Å². The number of carbonyl (C=O) groups excluding carboxylic acids is 3. The number of carboxylic acid groups (broad SMARTS) is 1. The number of hydrogen-bond donors (Lipinski definition) is 4. The van der Waals surface area contributed by atoms with Gasteiger partial charge in [0.15, 0.2) is 0 Å². The molecule has 0 fully saturated rings. The van der Waals surface area contributed by atoms with E-state index in [1.807, 2.05) is 6.92 Å². The summed E-state index contributed by atoms with van der Waals surface area (Å²) in [5.74, 6) is -0.919. The van der Waals surface area contributed by atoms with Crippen LogP contribution in [0.1, 0.15) is 122 Å². The number of hydrogen-bond acceptors (Lipinski definition) is 8. The van der Waals surface area contributed by atoms with Crippen LogP contribution in [0.15, 0.2) is 0 Å². The third-order valence-corrected chi connectivity index (χ3v) is 7.27. The summed E-state index contributed by atoms with van der Waals surface area (Å²) in [6.07, 6.45) is 18.0. The minimum atomic E-state index is -0.690. The van der Waals surface area contributed by atoms with Crippen LogP contribution in [0.2, 0.25) is 0 Å². The van der Waals surface area contributed by atoms with Crippen LogP contribution >= 0.6 is 0 Å². The van der Waals surface area contributed by atoms with Crippen molar-refractivity contribution in [3.63, 3.8) is 0 Å². The SMILES string of the molecule is CCOCCOCCNC(=O)COCCOCCNC(=O)CCCNC(=O)CCCCCCCCCCCCCCCCC(=O)O. The van der Waals surface area contributed by atoms with Crippen LogP contribution in [0.3, 0.4) is 0 Å². The molecule has 4 N–H and O–H groups in total. The second-order valence-corrected chi connectivity index (χ2v) is 11.5. The zero-order valence-corrected chi connectivity index (χ0v) is 28.7. The Balaban J connectivity index is 3.33. The molecule has 0 aromatic rings. The average Bonchev–Trinajstić information content (AvgIpc) is 3.03. The van der Waals surface area contributed by atoms with E-state index in [-0.39, 0.29) is 30.9 Å². The Hall–Kier alpha value is -2.28. The van der Waals surface area contributed by atoms with Crippen molar-refractivity contribution in [3.8, 4) is 0 Å². The van der Waals surface area contributed by atoms with Gasteiger partial charge in [-0.3, -0.25) is 19.2 Å². The Kier molecular flexibility index (Phi) is 33.8. The molecular formula is C34H65N3O9. The Labute approximate surface area is 277 Å². The van der Waals surface area contributed by atoms with E-state index in [2.05, 4.69) is 16.0 Å². The minimum Gasteiger partial charge on any atom is -0.481 e. The van der Waals surface area contributed by atoms with Gasteiger partial charge < -0.3 is 40.0 Å². The van der Waals surface area contributed by atoms with E-state index in [9.17, 15) is 19.2 Å².